The van der Waals surface area contributed by atoms with Gasteiger partial charge in [-0.1, -0.05) is 46.3 Å². The molecule has 0 spiro atoms. The Bertz CT molecular complexity index is 525. The van der Waals surface area contributed by atoms with E-state index in [4.69, 9.17) is 0 Å². The average molecular weight is 306 g/mol. The molecular weight excluding hydrogens is 294 g/mol. The van der Waals surface area contributed by atoms with Gasteiger partial charge in [0.2, 0.25) is 0 Å². The first-order valence-electron chi connectivity index (χ1n) is 5.45. The largest absolute Gasteiger partial charge is 0.465 e. The minimum atomic E-state index is -0.375. The molecule has 0 N–H and O–H groups in total. The van der Waals surface area contributed by atoms with Gasteiger partial charge in [0.15, 0.2) is 0 Å². The standard InChI is InChI=1S/C14H12BrNO2/c1-18-14(17)11-7-8-12(16-9-11)13(15)10-5-3-2-4-6-10/h2-9,13H,1H3/t13-/m0/s1. The zero-order valence-electron chi connectivity index (χ0n) is 9.84. The molecule has 1 heterocycles. The summed E-state index contributed by atoms with van der Waals surface area (Å²) in [5.41, 5.74) is 2.43. The van der Waals surface area contributed by atoms with Crippen molar-refractivity contribution in [2.75, 3.05) is 7.11 Å². The monoisotopic (exact) mass is 305 g/mol. The fraction of sp³-hybridized carbons (Fsp3) is 0.143. The number of pyridine rings is 1. The maximum atomic E-state index is 11.3. The highest BCUT2D eigenvalue weighted by Crippen LogP contribution is 2.28. The number of ether oxygens (including phenoxy) is 1. The molecule has 0 unspecified atom stereocenters. The van der Waals surface area contributed by atoms with Crippen LogP contribution in [0.3, 0.4) is 0 Å². The van der Waals surface area contributed by atoms with Gasteiger partial charge in [-0.25, -0.2) is 4.79 Å². The first-order valence-corrected chi connectivity index (χ1v) is 6.37. The smallest absolute Gasteiger partial charge is 0.339 e. The predicted molar refractivity (Wildman–Crippen MR) is 72.8 cm³/mol. The van der Waals surface area contributed by atoms with Crippen LogP contribution in [0.15, 0.2) is 48.7 Å². The summed E-state index contributed by atoms with van der Waals surface area (Å²) in [6.45, 7) is 0. The first-order chi connectivity index (χ1) is 8.72. The van der Waals surface area contributed by atoms with Gasteiger partial charge in [0, 0.05) is 6.20 Å². The zero-order valence-corrected chi connectivity index (χ0v) is 11.4. The molecule has 0 fully saturated rings. The van der Waals surface area contributed by atoms with Crippen LogP contribution in [0, 0.1) is 0 Å². The SMILES string of the molecule is COC(=O)c1ccc([C@@H](Br)c2ccccc2)nc1. The molecule has 0 aliphatic carbocycles. The van der Waals surface area contributed by atoms with Gasteiger partial charge >= 0.3 is 5.97 Å². The van der Waals surface area contributed by atoms with Crippen LogP contribution in [-0.4, -0.2) is 18.1 Å². The number of hydrogen-bond donors (Lipinski definition) is 0. The van der Waals surface area contributed by atoms with E-state index >= 15 is 0 Å². The Morgan fingerprint density at radius 1 is 1.22 bits per heavy atom. The summed E-state index contributed by atoms with van der Waals surface area (Å²) in [7, 11) is 1.35. The number of esters is 1. The molecule has 0 aliphatic rings. The molecule has 2 aromatic rings. The van der Waals surface area contributed by atoms with Crippen molar-refractivity contribution in [3.8, 4) is 0 Å². The fourth-order valence-electron chi connectivity index (χ4n) is 1.59. The summed E-state index contributed by atoms with van der Waals surface area (Å²) in [5.74, 6) is -0.375. The number of hydrogen-bond acceptors (Lipinski definition) is 3. The van der Waals surface area contributed by atoms with E-state index in [2.05, 4.69) is 25.7 Å². The Labute approximate surface area is 114 Å². The normalized spacial score (nSPS) is 11.9. The summed E-state index contributed by atoms with van der Waals surface area (Å²) < 4.78 is 4.63. The first kappa shape index (κ1) is 12.8. The van der Waals surface area contributed by atoms with Crippen molar-refractivity contribution in [1.29, 1.82) is 0 Å². The topological polar surface area (TPSA) is 39.2 Å². The van der Waals surface area contributed by atoms with Crippen LogP contribution in [0.1, 0.15) is 26.4 Å². The van der Waals surface area contributed by atoms with E-state index in [9.17, 15) is 4.79 Å². The summed E-state index contributed by atoms with van der Waals surface area (Å²) in [5, 5.41) is 0. The highest BCUT2D eigenvalue weighted by Gasteiger charge is 2.12. The summed E-state index contributed by atoms with van der Waals surface area (Å²) in [6.07, 6.45) is 1.53. The van der Waals surface area contributed by atoms with Crippen molar-refractivity contribution in [2.45, 2.75) is 4.83 Å². The number of nitrogens with zero attached hydrogens (tertiary/aromatic N) is 1. The molecule has 0 aliphatic heterocycles. The van der Waals surface area contributed by atoms with Crippen LogP contribution in [0.4, 0.5) is 0 Å². The molecular formula is C14H12BrNO2. The molecule has 1 atom stereocenters. The Hall–Kier alpha value is -1.68. The third-order valence-electron chi connectivity index (χ3n) is 2.56. The number of carbonyl (C=O) groups is 1. The van der Waals surface area contributed by atoms with Gasteiger partial charge in [-0.3, -0.25) is 4.98 Å². The summed E-state index contributed by atoms with van der Waals surface area (Å²) in [4.78, 5) is 15.6. The number of halogens is 1. The number of alkyl halides is 1. The quantitative estimate of drug-likeness (QED) is 0.645. The lowest BCUT2D eigenvalue weighted by Gasteiger charge is -2.09. The van der Waals surface area contributed by atoms with Crippen LogP contribution in [0.25, 0.3) is 0 Å². The Morgan fingerprint density at radius 3 is 2.50 bits per heavy atom. The lowest BCUT2D eigenvalue weighted by molar-refractivity contribution is 0.0600. The van der Waals surface area contributed by atoms with E-state index < -0.39 is 0 Å². The second-order valence-electron chi connectivity index (χ2n) is 3.74. The van der Waals surface area contributed by atoms with Crippen molar-refractivity contribution >= 4 is 21.9 Å². The van der Waals surface area contributed by atoms with Gasteiger partial charge in [-0.15, -0.1) is 0 Å². The Morgan fingerprint density at radius 2 is 1.94 bits per heavy atom. The molecule has 4 heteroatoms. The Balaban J connectivity index is 2.22. The van der Waals surface area contributed by atoms with Crippen LogP contribution < -0.4 is 0 Å². The molecule has 92 valence electrons. The fourth-order valence-corrected chi connectivity index (χ4v) is 2.16. The average Bonchev–Trinajstić information content (AvgIpc) is 2.47. The van der Waals surface area contributed by atoms with E-state index in [1.54, 1.807) is 6.07 Å². The lowest BCUT2D eigenvalue weighted by Crippen LogP contribution is -2.03. The van der Waals surface area contributed by atoms with Crippen molar-refractivity contribution in [3.63, 3.8) is 0 Å². The van der Waals surface area contributed by atoms with Gasteiger partial charge < -0.3 is 4.74 Å². The number of rotatable bonds is 3. The van der Waals surface area contributed by atoms with Gasteiger partial charge in [-0.2, -0.15) is 0 Å². The highest BCUT2D eigenvalue weighted by molar-refractivity contribution is 9.09. The van der Waals surface area contributed by atoms with Crippen molar-refractivity contribution in [2.24, 2.45) is 0 Å². The molecule has 1 aromatic heterocycles. The van der Waals surface area contributed by atoms with E-state index in [0.717, 1.165) is 11.3 Å². The molecule has 0 amide bonds. The van der Waals surface area contributed by atoms with E-state index in [1.807, 2.05) is 36.4 Å². The summed E-state index contributed by atoms with van der Waals surface area (Å²) in [6, 6.07) is 13.5. The molecule has 18 heavy (non-hydrogen) atoms. The van der Waals surface area contributed by atoms with Crippen molar-refractivity contribution in [3.05, 3.63) is 65.5 Å². The van der Waals surface area contributed by atoms with E-state index in [0.29, 0.717) is 5.56 Å². The predicted octanol–water partition coefficient (Wildman–Crippen LogP) is 3.35. The lowest BCUT2D eigenvalue weighted by atomic mass is 10.1. The van der Waals surface area contributed by atoms with Gasteiger partial charge in [0.25, 0.3) is 0 Å². The van der Waals surface area contributed by atoms with E-state index in [-0.39, 0.29) is 10.8 Å². The third kappa shape index (κ3) is 2.76. The second-order valence-corrected chi connectivity index (χ2v) is 4.65. The number of methoxy groups -OCH3 is 1. The van der Waals surface area contributed by atoms with Crippen molar-refractivity contribution in [1.82, 2.24) is 4.98 Å². The van der Waals surface area contributed by atoms with Crippen LogP contribution in [0.2, 0.25) is 0 Å². The van der Waals surface area contributed by atoms with Crippen molar-refractivity contribution < 1.29 is 9.53 Å². The molecule has 3 nitrogen and oxygen atoms in total. The van der Waals surface area contributed by atoms with Gasteiger partial charge in [-0.05, 0) is 17.7 Å². The Kier molecular flexibility index (Phi) is 4.10. The summed E-state index contributed by atoms with van der Waals surface area (Å²) >= 11 is 3.59. The third-order valence-corrected chi connectivity index (χ3v) is 3.56. The molecule has 0 bridgehead atoms. The van der Waals surface area contributed by atoms with Gasteiger partial charge in [0.1, 0.15) is 0 Å². The van der Waals surface area contributed by atoms with E-state index in [1.165, 1.54) is 13.3 Å². The minimum absolute atomic E-state index is 0.0189. The van der Waals surface area contributed by atoms with Crippen LogP contribution in [-0.2, 0) is 4.74 Å². The zero-order chi connectivity index (χ0) is 13.0. The van der Waals surface area contributed by atoms with Crippen LogP contribution in [0.5, 0.6) is 0 Å². The van der Waals surface area contributed by atoms with Gasteiger partial charge in [0.05, 0.1) is 23.2 Å². The molecule has 0 saturated carbocycles. The maximum Gasteiger partial charge on any atom is 0.339 e. The maximum absolute atomic E-state index is 11.3. The van der Waals surface area contributed by atoms with Crippen LogP contribution >= 0.6 is 15.9 Å². The number of carbonyl (C=O) groups excluding carboxylic acids is 1. The molecule has 0 radical (unpaired) electrons. The second kappa shape index (κ2) is 5.78. The molecule has 2 rings (SSSR count). The molecule has 0 saturated heterocycles. The minimum Gasteiger partial charge on any atom is -0.465 e. The molecule has 1 aromatic carbocycles. The number of benzene rings is 1. The number of aromatic nitrogens is 1. The highest BCUT2D eigenvalue weighted by atomic mass is 79.9.